The highest BCUT2D eigenvalue weighted by Gasteiger charge is 2.20. The normalized spacial score (nSPS) is 14.2. The minimum Gasteiger partial charge on any atom is -0.337 e. The molecule has 3 rings (SSSR count). The Kier molecular flexibility index (Phi) is 5.35. The summed E-state index contributed by atoms with van der Waals surface area (Å²) in [6.45, 7) is 7.52. The van der Waals surface area contributed by atoms with Crippen molar-refractivity contribution in [2.45, 2.75) is 40.0 Å². The van der Waals surface area contributed by atoms with Gasteiger partial charge in [-0.25, -0.2) is 0 Å². The predicted octanol–water partition coefficient (Wildman–Crippen LogP) is 3.89. The molecule has 0 spiro atoms. The summed E-state index contributed by atoms with van der Waals surface area (Å²) in [6.07, 6.45) is 4.74. The Hall–Kier alpha value is -2.69. The van der Waals surface area contributed by atoms with Gasteiger partial charge in [0.2, 0.25) is 0 Å². The molecule has 136 valence electrons. The van der Waals surface area contributed by atoms with Gasteiger partial charge >= 0.3 is 0 Å². The summed E-state index contributed by atoms with van der Waals surface area (Å²) in [5.41, 5.74) is 4.80. The second kappa shape index (κ2) is 7.68. The number of hydrogen-bond acceptors (Lipinski definition) is 3. The zero-order chi connectivity index (χ0) is 18.7. The summed E-state index contributed by atoms with van der Waals surface area (Å²) in [5, 5.41) is 2.98. The monoisotopic (exact) mass is 351 g/mol. The van der Waals surface area contributed by atoms with Crippen LogP contribution < -0.4 is 5.32 Å². The Labute approximate surface area is 154 Å². The lowest BCUT2D eigenvalue weighted by Gasteiger charge is -2.26. The number of anilines is 1. The molecule has 0 unspecified atom stereocenters. The van der Waals surface area contributed by atoms with Crippen LogP contribution in [0.3, 0.4) is 0 Å². The first-order valence-electron chi connectivity index (χ1n) is 9.10. The largest absolute Gasteiger partial charge is 0.337 e. The zero-order valence-corrected chi connectivity index (χ0v) is 15.6. The lowest BCUT2D eigenvalue weighted by atomic mass is 10.0. The van der Waals surface area contributed by atoms with Crippen molar-refractivity contribution in [3.8, 4) is 0 Å². The maximum absolute atomic E-state index is 12.7. The highest BCUT2D eigenvalue weighted by atomic mass is 16.2. The SMILES string of the molecule is Cc1cc(C)c(NC(=O)c2ccnc(C(=O)N3CCCCC3)c2)c(C)c1. The topological polar surface area (TPSA) is 62.3 Å². The average molecular weight is 351 g/mol. The molecule has 1 aliphatic rings. The van der Waals surface area contributed by atoms with Gasteiger partial charge in [0.1, 0.15) is 5.69 Å². The van der Waals surface area contributed by atoms with Crippen LogP contribution in [0.1, 0.15) is 56.8 Å². The van der Waals surface area contributed by atoms with Crippen LogP contribution >= 0.6 is 0 Å². The number of carbonyl (C=O) groups excluding carboxylic acids is 2. The zero-order valence-electron chi connectivity index (χ0n) is 15.6. The summed E-state index contributed by atoms with van der Waals surface area (Å²) < 4.78 is 0. The summed E-state index contributed by atoms with van der Waals surface area (Å²) in [6, 6.07) is 7.31. The maximum atomic E-state index is 12.7. The lowest BCUT2D eigenvalue weighted by Crippen LogP contribution is -2.36. The summed E-state index contributed by atoms with van der Waals surface area (Å²) in [7, 11) is 0. The fraction of sp³-hybridized carbons (Fsp3) is 0.381. The van der Waals surface area contributed by atoms with E-state index in [1.165, 1.54) is 6.20 Å². The quantitative estimate of drug-likeness (QED) is 0.913. The minimum absolute atomic E-state index is 0.0953. The molecule has 1 N–H and O–H groups in total. The number of benzene rings is 1. The molecule has 0 atom stereocenters. The van der Waals surface area contributed by atoms with Gasteiger partial charge in [-0.1, -0.05) is 17.7 Å². The Balaban J connectivity index is 1.79. The van der Waals surface area contributed by atoms with E-state index in [9.17, 15) is 9.59 Å². The number of nitrogens with one attached hydrogen (secondary N) is 1. The third-order valence-corrected chi connectivity index (χ3v) is 4.80. The van der Waals surface area contributed by atoms with Gasteiger partial charge in [-0.05, 0) is 63.3 Å². The van der Waals surface area contributed by atoms with Gasteiger partial charge in [-0.3, -0.25) is 14.6 Å². The second-order valence-corrected chi connectivity index (χ2v) is 7.01. The molecule has 1 aromatic carbocycles. The first-order valence-corrected chi connectivity index (χ1v) is 9.10. The molecule has 26 heavy (non-hydrogen) atoms. The van der Waals surface area contributed by atoms with E-state index in [-0.39, 0.29) is 11.8 Å². The lowest BCUT2D eigenvalue weighted by molar-refractivity contribution is 0.0718. The van der Waals surface area contributed by atoms with Crippen molar-refractivity contribution in [3.05, 3.63) is 58.4 Å². The molecule has 2 aromatic rings. The Morgan fingerprint density at radius 2 is 1.65 bits per heavy atom. The Morgan fingerprint density at radius 1 is 1.00 bits per heavy atom. The number of likely N-dealkylation sites (tertiary alicyclic amines) is 1. The minimum atomic E-state index is -0.227. The average Bonchev–Trinajstić information content (AvgIpc) is 2.64. The van der Waals surface area contributed by atoms with E-state index in [0.717, 1.165) is 54.7 Å². The van der Waals surface area contributed by atoms with Crippen molar-refractivity contribution in [2.24, 2.45) is 0 Å². The number of pyridine rings is 1. The fourth-order valence-electron chi connectivity index (χ4n) is 3.51. The van der Waals surface area contributed by atoms with Gasteiger partial charge in [-0.2, -0.15) is 0 Å². The number of amides is 2. The van der Waals surface area contributed by atoms with E-state index in [4.69, 9.17) is 0 Å². The van der Waals surface area contributed by atoms with Crippen LogP contribution in [-0.2, 0) is 0 Å². The molecule has 5 nitrogen and oxygen atoms in total. The van der Waals surface area contributed by atoms with Crippen LogP contribution in [0.2, 0.25) is 0 Å². The van der Waals surface area contributed by atoms with E-state index in [1.54, 1.807) is 12.1 Å². The summed E-state index contributed by atoms with van der Waals surface area (Å²) >= 11 is 0. The second-order valence-electron chi connectivity index (χ2n) is 7.01. The summed E-state index contributed by atoms with van der Waals surface area (Å²) in [5.74, 6) is -0.322. The number of hydrogen-bond donors (Lipinski definition) is 1. The van der Waals surface area contributed by atoms with Gasteiger partial charge in [0.25, 0.3) is 11.8 Å². The van der Waals surface area contributed by atoms with Crippen LogP contribution in [0.5, 0.6) is 0 Å². The number of aromatic nitrogens is 1. The molecule has 0 bridgehead atoms. The molecule has 2 amide bonds. The molecule has 0 radical (unpaired) electrons. The Morgan fingerprint density at radius 3 is 2.31 bits per heavy atom. The first kappa shape index (κ1) is 18.1. The number of nitrogens with zero attached hydrogens (tertiary/aromatic N) is 2. The van der Waals surface area contributed by atoms with Gasteiger partial charge in [0.15, 0.2) is 0 Å². The smallest absolute Gasteiger partial charge is 0.272 e. The number of piperidine rings is 1. The molecule has 2 heterocycles. The van der Waals surface area contributed by atoms with E-state index >= 15 is 0 Å². The van der Waals surface area contributed by atoms with E-state index in [2.05, 4.69) is 10.3 Å². The van der Waals surface area contributed by atoms with Gasteiger partial charge < -0.3 is 10.2 Å². The molecular weight excluding hydrogens is 326 g/mol. The van der Waals surface area contributed by atoms with Crippen LogP contribution in [-0.4, -0.2) is 34.8 Å². The molecule has 1 aliphatic heterocycles. The van der Waals surface area contributed by atoms with Crippen LogP contribution in [0, 0.1) is 20.8 Å². The van der Waals surface area contributed by atoms with Gasteiger partial charge in [-0.15, -0.1) is 0 Å². The van der Waals surface area contributed by atoms with Crippen LogP contribution in [0.15, 0.2) is 30.5 Å². The Bertz CT molecular complexity index is 816. The molecule has 5 heteroatoms. The van der Waals surface area contributed by atoms with Gasteiger partial charge in [0.05, 0.1) is 0 Å². The maximum Gasteiger partial charge on any atom is 0.272 e. The molecule has 0 saturated carbocycles. The fourth-order valence-corrected chi connectivity index (χ4v) is 3.51. The van der Waals surface area contributed by atoms with Crippen molar-refractivity contribution >= 4 is 17.5 Å². The highest BCUT2D eigenvalue weighted by molar-refractivity contribution is 6.06. The number of rotatable bonds is 3. The number of carbonyl (C=O) groups is 2. The van der Waals surface area contributed by atoms with E-state index in [0.29, 0.717) is 11.3 Å². The third-order valence-electron chi connectivity index (χ3n) is 4.80. The van der Waals surface area contributed by atoms with Crippen molar-refractivity contribution < 1.29 is 9.59 Å². The molecule has 1 aromatic heterocycles. The number of aryl methyl sites for hydroxylation is 3. The van der Waals surface area contributed by atoms with Crippen molar-refractivity contribution in [3.63, 3.8) is 0 Å². The predicted molar refractivity (Wildman–Crippen MR) is 103 cm³/mol. The third kappa shape index (κ3) is 3.93. The van der Waals surface area contributed by atoms with Crippen molar-refractivity contribution in [1.29, 1.82) is 0 Å². The standard InChI is InChI=1S/C21H25N3O2/c1-14-11-15(2)19(16(3)12-14)23-20(25)17-7-8-22-18(13-17)21(26)24-9-5-4-6-10-24/h7-8,11-13H,4-6,9-10H2,1-3H3,(H,23,25). The van der Waals surface area contributed by atoms with E-state index < -0.39 is 0 Å². The van der Waals surface area contributed by atoms with Crippen LogP contribution in [0.4, 0.5) is 5.69 Å². The molecule has 1 fully saturated rings. The summed E-state index contributed by atoms with van der Waals surface area (Å²) in [4.78, 5) is 31.3. The highest BCUT2D eigenvalue weighted by Crippen LogP contribution is 2.23. The van der Waals surface area contributed by atoms with Crippen LogP contribution in [0.25, 0.3) is 0 Å². The van der Waals surface area contributed by atoms with E-state index in [1.807, 2.05) is 37.8 Å². The van der Waals surface area contributed by atoms with Crippen molar-refractivity contribution in [1.82, 2.24) is 9.88 Å². The van der Waals surface area contributed by atoms with Gasteiger partial charge in [0, 0.05) is 30.5 Å². The molecule has 0 aliphatic carbocycles. The first-order chi connectivity index (χ1) is 12.5. The van der Waals surface area contributed by atoms with Crippen molar-refractivity contribution in [2.75, 3.05) is 18.4 Å². The molecular formula is C21H25N3O2. The molecule has 1 saturated heterocycles.